The van der Waals surface area contributed by atoms with Crippen LogP contribution in [0.15, 0.2) is 36.4 Å². The van der Waals surface area contributed by atoms with Gasteiger partial charge < -0.3 is 14.4 Å². The number of halogens is 1. The number of ether oxygens (including phenoxy) is 1. The minimum Gasteiger partial charge on any atom is -0.381 e. The van der Waals surface area contributed by atoms with Gasteiger partial charge in [0.1, 0.15) is 0 Å². The summed E-state index contributed by atoms with van der Waals surface area (Å²) in [6.45, 7) is 2.33. The highest BCUT2D eigenvalue weighted by Crippen LogP contribution is 2.32. The minimum absolute atomic E-state index is 0.253. The lowest BCUT2D eigenvalue weighted by Crippen LogP contribution is -2.15. The quantitative estimate of drug-likeness (QED) is 0.727. The van der Waals surface area contributed by atoms with Crippen LogP contribution in [-0.2, 0) is 4.74 Å². The number of carbonyl (C=O) groups excluding carboxylic acids is 1. The van der Waals surface area contributed by atoms with Crippen LogP contribution in [-0.4, -0.2) is 31.4 Å². The monoisotopic (exact) mass is 413 g/mol. The Labute approximate surface area is 173 Å². The Morgan fingerprint density at radius 1 is 1.32 bits per heavy atom. The fraction of sp³-hybridized carbons (Fsp3) is 0.333. The van der Waals surface area contributed by atoms with Gasteiger partial charge in [-0.1, -0.05) is 11.6 Å². The van der Waals surface area contributed by atoms with Crippen LogP contribution >= 0.6 is 23.5 Å². The summed E-state index contributed by atoms with van der Waals surface area (Å²) >= 11 is 8.06. The molecule has 0 spiro atoms. The van der Waals surface area contributed by atoms with Crippen molar-refractivity contribution in [3.05, 3.63) is 58.1 Å². The van der Waals surface area contributed by atoms with Gasteiger partial charge in [0.2, 0.25) is 0 Å². The molecule has 1 atom stereocenters. The first-order valence-corrected chi connectivity index (χ1v) is 10.6. The van der Waals surface area contributed by atoms with Gasteiger partial charge in [0.15, 0.2) is 0 Å². The summed E-state index contributed by atoms with van der Waals surface area (Å²) in [6.07, 6.45) is 2.05. The van der Waals surface area contributed by atoms with Crippen LogP contribution in [0.3, 0.4) is 0 Å². The van der Waals surface area contributed by atoms with E-state index in [-0.39, 0.29) is 11.8 Å². The minimum atomic E-state index is -0.278. The van der Waals surface area contributed by atoms with E-state index in [2.05, 4.69) is 15.7 Å². The molecule has 2 heterocycles. The second-order valence-corrected chi connectivity index (χ2v) is 8.44. The molecule has 2 aromatic carbocycles. The Morgan fingerprint density at radius 2 is 2.21 bits per heavy atom. The molecule has 0 aromatic heterocycles. The molecule has 0 aliphatic carbocycles. The summed E-state index contributed by atoms with van der Waals surface area (Å²) in [5, 5.41) is 12.7. The Bertz CT molecular complexity index is 932. The summed E-state index contributed by atoms with van der Waals surface area (Å²) < 4.78 is 7.64. The highest BCUT2D eigenvalue weighted by Gasteiger charge is 2.21. The van der Waals surface area contributed by atoms with Crippen molar-refractivity contribution in [2.75, 3.05) is 35.1 Å². The van der Waals surface area contributed by atoms with E-state index in [0.717, 1.165) is 43.0 Å². The number of nitrogens with one attached hydrogen (secondary N) is 1. The highest BCUT2D eigenvalue weighted by molar-refractivity contribution is 8.00. The molecule has 4 rings (SSSR count). The predicted molar refractivity (Wildman–Crippen MR) is 113 cm³/mol. The van der Waals surface area contributed by atoms with E-state index >= 15 is 0 Å². The largest absolute Gasteiger partial charge is 0.381 e. The zero-order valence-corrected chi connectivity index (χ0v) is 16.9. The van der Waals surface area contributed by atoms with Crippen molar-refractivity contribution in [2.45, 2.75) is 18.8 Å². The Balaban J connectivity index is 1.59. The van der Waals surface area contributed by atoms with Crippen LogP contribution in [0.1, 0.15) is 40.2 Å². The first-order valence-electron chi connectivity index (χ1n) is 9.28. The maximum Gasteiger partial charge on any atom is 0.257 e. The number of amides is 1. The molecule has 1 N–H and O–H groups in total. The van der Waals surface area contributed by atoms with Gasteiger partial charge in [-0.2, -0.15) is 5.26 Å². The normalized spacial score (nSPS) is 18.9. The molecule has 0 saturated carbocycles. The maximum absolute atomic E-state index is 12.9. The summed E-state index contributed by atoms with van der Waals surface area (Å²) in [7, 11) is 0. The molecule has 0 radical (unpaired) electrons. The molecular weight excluding hydrogens is 394 g/mol. The number of nitriles is 1. The molecule has 144 valence electrons. The number of rotatable bonds is 4. The van der Waals surface area contributed by atoms with E-state index in [1.165, 1.54) is 0 Å². The van der Waals surface area contributed by atoms with Gasteiger partial charge in [0.05, 0.1) is 28.8 Å². The van der Waals surface area contributed by atoms with Gasteiger partial charge in [-0.3, -0.25) is 4.79 Å². The van der Waals surface area contributed by atoms with Gasteiger partial charge in [-0.05, 0) is 66.8 Å². The smallest absolute Gasteiger partial charge is 0.257 e. The van der Waals surface area contributed by atoms with Gasteiger partial charge in [-0.25, -0.2) is 0 Å². The van der Waals surface area contributed by atoms with Crippen LogP contribution in [0.4, 0.5) is 11.4 Å². The number of carbonyl (C=O) groups is 1. The second-order valence-electron chi connectivity index (χ2n) is 6.92. The van der Waals surface area contributed by atoms with Crippen molar-refractivity contribution in [1.29, 1.82) is 5.26 Å². The average Bonchev–Trinajstić information content (AvgIpc) is 3.42. The lowest BCUT2D eigenvalue weighted by Gasteiger charge is -2.17. The van der Waals surface area contributed by atoms with E-state index in [0.29, 0.717) is 28.4 Å². The number of nitrogens with zero attached hydrogens (tertiary/aromatic N) is 2. The number of hydrogen-bond donors (Lipinski definition) is 1. The lowest BCUT2D eigenvalue weighted by atomic mass is 9.96. The zero-order valence-electron chi connectivity index (χ0n) is 15.3. The fourth-order valence-electron chi connectivity index (χ4n) is 3.51. The summed E-state index contributed by atoms with van der Waals surface area (Å²) in [5.41, 5.74) is 3.54. The highest BCUT2D eigenvalue weighted by atomic mass is 35.5. The third-order valence-corrected chi connectivity index (χ3v) is 6.48. The van der Waals surface area contributed by atoms with E-state index in [1.807, 2.05) is 24.3 Å². The third-order valence-electron chi connectivity index (χ3n) is 4.98. The van der Waals surface area contributed by atoms with Crippen LogP contribution in [0, 0.1) is 11.3 Å². The Morgan fingerprint density at radius 3 is 2.93 bits per heavy atom. The standard InChI is InChI=1S/C21H20ClN3O2S/c22-20-3-2-18(25-5-1-7-28-25)11-19(20)21(26)24-17-9-14(12-23)8-16(10-17)15-4-6-27-13-15/h2-3,8-11,15H,1,4-7,13H2,(H,24,26). The average molecular weight is 414 g/mol. The first kappa shape index (κ1) is 19.1. The number of benzene rings is 2. The van der Waals surface area contributed by atoms with Crippen LogP contribution in [0.2, 0.25) is 5.02 Å². The number of hydrogen-bond acceptors (Lipinski definition) is 5. The topological polar surface area (TPSA) is 65.4 Å². The Kier molecular flexibility index (Phi) is 5.77. The van der Waals surface area contributed by atoms with E-state index in [4.69, 9.17) is 16.3 Å². The van der Waals surface area contributed by atoms with Crippen molar-refractivity contribution < 1.29 is 9.53 Å². The SMILES string of the molecule is N#Cc1cc(NC(=O)c2cc(N3CCCS3)ccc2Cl)cc(C2CCOC2)c1. The third kappa shape index (κ3) is 4.12. The number of anilines is 2. The first-order chi connectivity index (χ1) is 13.6. The second kappa shape index (κ2) is 8.44. The molecule has 2 aromatic rings. The predicted octanol–water partition coefficient (Wildman–Crippen LogP) is 4.83. The molecule has 5 nitrogen and oxygen atoms in total. The van der Waals surface area contributed by atoms with Gasteiger partial charge in [-0.15, -0.1) is 0 Å². The van der Waals surface area contributed by atoms with Crippen molar-refractivity contribution >= 4 is 40.8 Å². The molecule has 2 aliphatic rings. The van der Waals surface area contributed by atoms with Gasteiger partial charge in [0, 0.05) is 36.2 Å². The molecule has 0 bridgehead atoms. The zero-order chi connectivity index (χ0) is 19.5. The van der Waals surface area contributed by atoms with Crippen LogP contribution < -0.4 is 9.62 Å². The summed E-state index contributed by atoms with van der Waals surface area (Å²) in [4.78, 5) is 12.9. The summed E-state index contributed by atoms with van der Waals surface area (Å²) in [5.74, 6) is 1.06. The van der Waals surface area contributed by atoms with Gasteiger partial charge >= 0.3 is 0 Å². The van der Waals surface area contributed by atoms with E-state index in [9.17, 15) is 10.1 Å². The van der Waals surface area contributed by atoms with E-state index in [1.54, 1.807) is 24.1 Å². The van der Waals surface area contributed by atoms with Gasteiger partial charge in [0.25, 0.3) is 5.91 Å². The molecule has 1 amide bonds. The van der Waals surface area contributed by atoms with Crippen LogP contribution in [0.5, 0.6) is 0 Å². The molecule has 7 heteroatoms. The molecule has 2 fully saturated rings. The molecular formula is C21H20ClN3O2S. The molecule has 28 heavy (non-hydrogen) atoms. The lowest BCUT2D eigenvalue weighted by molar-refractivity contribution is 0.102. The van der Waals surface area contributed by atoms with E-state index < -0.39 is 0 Å². The molecule has 2 saturated heterocycles. The maximum atomic E-state index is 12.9. The van der Waals surface area contributed by atoms with Crippen molar-refractivity contribution in [1.82, 2.24) is 0 Å². The van der Waals surface area contributed by atoms with Crippen molar-refractivity contribution in [2.24, 2.45) is 0 Å². The Hall–Kier alpha value is -2.20. The van der Waals surface area contributed by atoms with Crippen LogP contribution in [0.25, 0.3) is 0 Å². The van der Waals surface area contributed by atoms with Crippen molar-refractivity contribution in [3.63, 3.8) is 0 Å². The van der Waals surface area contributed by atoms with Crippen molar-refractivity contribution in [3.8, 4) is 6.07 Å². The fourth-order valence-corrected chi connectivity index (χ4v) is 4.72. The summed E-state index contributed by atoms with van der Waals surface area (Å²) in [6, 6.07) is 13.2. The molecule has 1 unspecified atom stereocenters. The molecule has 2 aliphatic heterocycles.